The van der Waals surface area contributed by atoms with E-state index in [2.05, 4.69) is 21.5 Å². The third-order valence-electron chi connectivity index (χ3n) is 8.50. The first kappa shape index (κ1) is 27.8. The second-order valence-corrected chi connectivity index (χ2v) is 12.4. The number of carbonyl (C=O) groups is 3. The molecule has 2 aliphatic carbocycles. The van der Waals surface area contributed by atoms with E-state index in [1.807, 2.05) is 14.0 Å². The molecular formula is C28H41N2O6P. The van der Waals surface area contributed by atoms with Gasteiger partial charge in [0, 0.05) is 24.3 Å². The molecule has 8 nitrogen and oxygen atoms in total. The van der Waals surface area contributed by atoms with Crippen molar-refractivity contribution in [2.75, 3.05) is 33.9 Å². The summed E-state index contributed by atoms with van der Waals surface area (Å²) in [6, 6.07) is 3.06. The Morgan fingerprint density at radius 1 is 1.16 bits per heavy atom. The summed E-state index contributed by atoms with van der Waals surface area (Å²) in [6.07, 6.45) is 7.64. The highest BCUT2D eigenvalue weighted by Gasteiger charge is 2.40. The Morgan fingerprint density at radius 2 is 1.86 bits per heavy atom. The summed E-state index contributed by atoms with van der Waals surface area (Å²) in [5.74, 6) is 0.288. The Hall–Kier alpha value is -2.18. The van der Waals surface area contributed by atoms with Crippen LogP contribution in [0.25, 0.3) is 0 Å². The molecule has 1 aromatic carbocycles. The summed E-state index contributed by atoms with van der Waals surface area (Å²) in [7, 11) is 6.01. The van der Waals surface area contributed by atoms with E-state index in [9.17, 15) is 14.4 Å². The van der Waals surface area contributed by atoms with Crippen molar-refractivity contribution < 1.29 is 28.6 Å². The summed E-state index contributed by atoms with van der Waals surface area (Å²) in [5, 5.41) is 3.81. The molecule has 3 aliphatic rings. The van der Waals surface area contributed by atoms with Gasteiger partial charge in [0.2, 0.25) is 5.91 Å². The van der Waals surface area contributed by atoms with E-state index in [4.69, 9.17) is 14.2 Å². The van der Waals surface area contributed by atoms with Gasteiger partial charge in [-0.3, -0.25) is 9.59 Å². The number of hydrogen-bond donors (Lipinski definition) is 1. The number of ether oxygens (including phenoxy) is 3. The normalized spacial score (nSPS) is 28.6. The van der Waals surface area contributed by atoms with E-state index in [0.717, 1.165) is 56.7 Å². The van der Waals surface area contributed by atoms with Gasteiger partial charge in [0.25, 0.3) is 5.91 Å². The third-order valence-corrected chi connectivity index (χ3v) is 8.95. The number of methoxy groups -OCH3 is 1. The molecule has 0 spiro atoms. The largest absolute Gasteiger partial charge is 0.496 e. The van der Waals surface area contributed by atoms with Crippen LogP contribution in [0.2, 0.25) is 0 Å². The van der Waals surface area contributed by atoms with Crippen LogP contribution in [0, 0.1) is 16.7 Å². The third kappa shape index (κ3) is 6.28. The van der Waals surface area contributed by atoms with E-state index >= 15 is 0 Å². The van der Waals surface area contributed by atoms with Crippen molar-refractivity contribution in [3.63, 3.8) is 0 Å². The highest BCUT2D eigenvalue weighted by molar-refractivity contribution is 7.27. The van der Waals surface area contributed by atoms with Gasteiger partial charge in [-0.25, -0.2) is 0 Å². The summed E-state index contributed by atoms with van der Waals surface area (Å²) in [4.78, 5) is 39.8. The number of rotatable bonds is 9. The minimum atomic E-state index is -0.422. The number of nitrogens with one attached hydrogen (secondary N) is 1. The average Bonchev–Trinajstić information content (AvgIpc) is 3.32. The molecule has 9 heteroatoms. The number of amides is 2. The first-order valence-electron chi connectivity index (χ1n) is 13.3. The van der Waals surface area contributed by atoms with Crippen LogP contribution in [0.3, 0.4) is 0 Å². The van der Waals surface area contributed by atoms with Gasteiger partial charge in [-0.2, -0.15) is 0 Å². The van der Waals surface area contributed by atoms with E-state index in [1.165, 1.54) is 13.5 Å². The van der Waals surface area contributed by atoms with Crippen LogP contribution in [-0.4, -0.2) is 69.1 Å². The van der Waals surface area contributed by atoms with Crippen molar-refractivity contribution in [3.05, 3.63) is 17.7 Å². The van der Waals surface area contributed by atoms with E-state index in [-0.39, 0.29) is 35.4 Å². The number of aldehydes is 1. The lowest BCUT2D eigenvalue weighted by atomic mass is 9.70. The number of hydrogen-bond acceptors (Lipinski definition) is 6. The minimum Gasteiger partial charge on any atom is -0.496 e. The van der Waals surface area contributed by atoms with Crippen molar-refractivity contribution in [2.24, 2.45) is 16.7 Å². The maximum Gasteiger partial charge on any atom is 0.255 e. The van der Waals surface area contributed by atoms with Gasteiger partial charge in [0.1, 0.15) is 17.8 Å². The van der Waals surface area contributed by atoms with Crippen LogP contribution in [-0.2, 0) is 14.3 Å². The lowest BCUT2D eigenvalue weighted by Crippen LogP contribution is -2.49. The number of carbonyl (C=O) groups excluding carboxylic acids is 3. The van der Waals surface area contributed by atoms with Crippen molar-refractivity contribution in [2.45, 2.75) is 70.9 Å². The smallest absolute Gasteiger partial charge is 0.255 e. The van der Waals surface area contributed by atoms with Crippen LogP contribution >= 0.6 is 9.24 Å². The standard InChI is InChI=1S/C28H41N2O6P/c1-27(8-5-9-27)16-30(3)26(33)20-14-35-15-21(20)29-25(32)19-12-23(24(37)13-22(19)34-4)36-18-6-10-28(2,17-31)11-7-18/h12-13,17-18,20-21H,5-11,14-16,37H2,1-4H3,(H,29,32)/t18?,20-,21+,28?/m0/s1. The topological polar surface area (TPSA) is 94.2 Å². The summed E-state index contributed by atoms with van der Waals surface area (Å²) in [5.41, 5.74) is 0.261. The average molecular weight is 533 g/mol. The molecule has 0 bridgehead atoms. The highest BCUT2D eigenvalue weighted by atomic mass is 31.0. The quantitative estimate of drug-likeness (QED) is 0.388. The second kappa shape index (κ2) is 11.3. The van der Waals surface area contributed by atoms with Gasteiger partial charge in [-0.1, -0.05) is 20.3 Å². The monoisotopic (exact) mass is 532 g/mol. The Balaban J connectivity index is 1.44. The van der Waals surface area contributed by atoms with Gasteiger partial charge < -0.3 is 29.2 Å². The molecule has 3 atom stereocenters. The van der Waals surface area contributed by atoms with Crippen molar-refractivity contribution >= 4 is 32.6 Å². The fourth-order valence-electron chi connectivity index (χ4n) is 5.75. The molecule has 1 saturated heterocycles. The first-order valence-corrected chi connectivity index (χ1v) is 13.9. The van der Waals surface area contributed by atoms with Gasteiger partial charge >= 0.3 is 0 Å². The minimum absolute atomic E-state index is 0.00633. The molecule has 0 aromatic heterocycles. The molecule has 1 N–H and O–H groups in total. The first-order chi connectivity index (χ1) is 17.6. The van der Waals surface area contributed by atoms with Crippen LogP contribution in [0.4, 0.5) is 0 Å². The Labute approximate surface area is 222 Å². The molecule has 1 heterocycles. The zero-order valence-corrected chi connectivity index (χ0v) is 23.7. The lowest BCUT2D eigenvalue weighted by Gasteiger charge is -2.41. The van der Waals surface area contributed by atoms with E-state index in [0.29, 0.717) is 23.7 Å². The van der Waals surface area contributed by atoms with Crippen molar-refractivity contribution in [3.8, 4) is 11.5 Å². The molecule has 1 aliphatic heterocycles. The summed E-state index contributed by atoms with van der Waals surface area (Å²) >= 11 is 0. The van der Waals surface area contributed by atoms with Crippen LogP contribution in [0.5, 0.6) is 11.5 Å². The molecule has 1 aromatic rings. The molecule has 37 heavy (non-hydrogen) atoms. The fourth-order valence-corrected chi connectivity index (χ4v) is 6.05. The molecular weight excluding hydrogens is 491 g/mol. The van der Waals surface area contributed by atoms with Crippen molar-refractivity contribution in [1.29, 1.82) is 0 Å². The van der Waals surface area contributed by atoms with Crippen LogP contribution < -0.4 is 20.1 Å². The Kier molecular flexibility index (Phi) is 8.49. The SMILES string of the molecule is COc1cc(P)c(OC2CCC(C)(C=O)CC2)cc1C(=O)N[C@@H]1COC[C@@H]1C(=O)N(C)CC1(C)CCC1. The van der Waals surface area contributed by atoms with Gasteiger partial charge in [-0.15, -0.1) is 9.24 Å². The molecule has 204 valence electrons. The second-order valence-electron chi connectivity index (χ2n) is 11.8. The van der Waals surface area contributed by atoms with E-state index in [1.54, 1.807) is 17.0 Å². The van der Waals surface area contributed by atoms with Crippen molar-refractivity contribution in [1.82, 2.24) is 10.2 Å². The van der Waals surface area contributed by atoms with Crippen LogP contribution in [0.15, 0.2) is 12.1 Å². The maximum atomic E-state index is 13.4. The fraction of sp³-hybridized carbons (Fsp3) is 0.679. The maximum absolute atomic E-state index is 13.4. The van der Waals surface area contributed by atoms with Gasteiger partial charge in [0.15, 0.2) is 0 Å². The van der Waals surface area contributed by atoms with E-state index < -0.39 is 12.0 Å². The zero-order chi connectivity index (χ0) is 26.8. The van der Waals surface area contributed by atoms with Gasteiger partial charge in [-0.05, 0) is 56.1 Å². The predicted molar refractivity (Wildman–Crippen MR) is 145 cm³/mol. The number of benzene rings is 1. The molecule has 2 saturated carbocycles. The Bertz CT molecular complexity index is 1020. The lowest BCUT2D eigenvalue weighted by molar-refractivity contribution is -0.136. The highest BCUT2D eigenvalue weighted by Crippen LogP contribution is 2.41. The molecule has 1 unspecified atom stereocenters. The Morgan fingerprint density at radius 3 is 2.46 bits per heavy atom. The molecule has 3 fully saturated rings. The molecule has 4 rings (SSSR count). The zero-order valence-electron chi connectivity index (χ0n) is 22.5. The summed E-state index contributed by atoms with van der Waals surface area (Å²) in [6.45, 7) is 5.52. The van der Waals surface area contributed by atoms with Gasteiger partial charge in [0.05, 0.1) is 44.0 Å². The van der Waals surface area contributed by atoms with Crippen LogP contribution in [0.1, 0.15) is 69.2 Å². The number of nitrogens with zero attached hydrogens (tertiary/aromatic N) is 1. The summed E-state index contributed by atoms with van der Waals surface area (Å²) < 4.78 is 17.4. The molecule has 0 radical (unpaired) electrons. The predicted octanol–water partition coefficient (Wildman–Crippen LogP) is 3.12. The molecule has 2 amide bonds.